The molecule has 1 saturated heterocycles. The summed E-state index contributed by atoms with van der Waals surface area (Å²) in [5.41, 5.74) is 1.86. The van der Waals surface area contributed by atoms with E-state index in [2.05, 4.69) is 22.1 Å². The van der Waals surface area contributed by atoms with Crippen molar-refractivity contribution in [2.45, 2.75) is 65.2 Å². The van der Waals surface area contributed by atoms with Gasteiger partial charge in [-0.15, -0.1) is 0 Å². The summed E-state index contributed by atoms with van der Waals surface area (Å²) in [6, 6.07) is 12.9. The molecule has 0 unspecified atom stereocenters. The van der Waals surface area contributed by atoms with Gasteiger partial charge in [0.25, 0.3) is 5.56 Å². The van der Waals surface area contributed by atoms with Gasteiger partial charge >= 0.3 is 0 Å². The predicted octanol–water partition coefficient (Wildman–Crippen LogP) is 5.47. The van der Waals surface area contributed by atoms with E-state index in [1.165, 1.54) is 32.4 Å². The Morgan fingerprint density at radius 3 is 2.56 bits per heavy atom. The molecule has 1 N–H and O–H groups in total. The number of nitrogens with zero attached hydrogens (tertiary/aromatic N) is 3. The second-order valence-corrected chi connectivity index (χ2v) is 9.64. The lowest BCUT2D eigenvalue weighted by atomic mass is 10.1. The van der Waals surface area contributed by atoms with E-state index in [4.69, 9.17) is 4.74 Å². The van der Waals surface area contributed by atoms with Gasteiger partial charge < -0.3 is 15.0 Å². The van der Waals surface area contributed by atoms with E-state index in [-0.39, 0.29) is 11.5 Å². The summed E-state index contributed by atoms with van der Waals surface area (Å²) in [5.74, 6) is 1.38. The maximum Gasteiger partial charge on any atom is 0.265 e. The molecule has 1 amide bonds. The van der Waals surface area contributed by atoms with Crippen molar-refractivity contribution in [2.75, 3.05) is 31.6 Å². The predicted molar refractivity (Wildman–Crippen MR) is 145 cm³/mol. The Labute approximate surface area is 213 Å². The number of benzene rings is 2. The zero-order chi connectivity index (χ0) is 25.3. The highest BCUT2D eigenvalue weighted by Crippen LogP contribution is 2.20. The maximum atomic E-state index is 13.3. The number of carbonyl (C=O) groups is 1. The molecule has 0 atom stereocenters. The zero-order valence-corrected chi connectivity index (χ0v) is 21.6. The van der Waals surface area contributed by atoms with Crippen LogP contribution in [0, 0.1) is 6.92 Å². The van der Waals surface area contributed by atoms with Crippen molar-refractivity contribution in [3.8, 4) is 11.4 Å². The number of aryl methyl sites for hydroxylation is 1. The fourth-order valence-electron chi connectivity index (χ4n) is 4.79. The number of unbranched alkanes of at least 4 members (excludes halogenated alkanes) is 2. The van der Waals surface area contributed by atoms with Crippen LogP contribution in [-0.4, -0.2) is 46.6 Å². The SMILES string of the molecule is CCCCCC(=O)Nc1ccc2c(=O)n(-c3ccc(OCCCN4CCCCC4)cc3)c(C)nc2c1. The van der Waals surface area contributed by atoms with Crippen LogP contribution in [0.25, 0.3) is 16.6 Å². The standard InChI is InChI=1S/C29H38N4O3/c1-3-4-6-10-28(34)31-23-11-16-26-27(21-23)30-22(2)33(29(26)35)24-12-14-25(15-13-24)36-20-9-19-32-17-7-5-8-18-32/h11-16,21H,3-10,17-20H2,1-2H3,(H,31,34). The Hall–Kier alpha value is -3.19. The smallest absolute Gasteiger partial charge is 0.265 e. The highest BCUT2D eigenvalue weighted by Gasteiger charge is 2.12. The normalized spacial score (nSPS) is 14.2. The first-order chi connectivity index (χ1) is 17.5. The van der Waals surface area contributed by atoms with Gasteiger partial charge in [-0.05, 0) is 88.2 Å². The van der Waals surface area contributed by atoms with Gasteiger partial charge in [0.1, 0.15) is 11.6 Å². The van der Waals surface area contributed by atoms with Gasteiger partial charge in [-0.1, -0.05) is 26.2 Å². The number of hydrogen-bond acceptors (Lipinski definition) is 5. The van der Waals surface area contributed by atoms with Gasteiger partial charge in [0.2, 0.25) is 5.91 Å². The first kappa shape index (κ1) is 25.9. The van der Waals surface area contributed by atoms with Crippen molar-refractivity contribution < 1.29 is 9.53 Å². The van der Waals surface area contributed by atoms with Crippen LogP contribution in [0.2, 0.25) is 0 Å². The number of carbonyl (C=O) groups excluding carboxylic acids is 1. The summed E-state index contributed by atoms with van der Waals surface area (Å²) in [7, 11) is 0. The number of ether oxygens (including phenoxy) is 1. The van der Waals surface area contributed by atoms with Crippen molar-refractivity contribution in [3.05, 3.63) is 58.6 Å². The lowest BCUT2D eigenvalue weighted by Gasteiger charge is -2.26. The lowest BCUT2D eigenvalue weighted by Crippen LogP contribution is -2.31. The Balaban J connectivity index is 1.40. The molecule has 1 fully saturated rings. The van der Waals surface area contributed by atoms with Gasteiger partial charge in [-0.2, -0.15) is 0 Å². The molecule has 4 rings (SSSR count). The summed E-state index contributed by atoms with van der Waals surface area (Å²) in [4.78, 5) is 32.6. The van der Waals surface area contributed by atoms with Gasteiger partial charge in [-0.25, -0.2) is 4.98 Å². The number of piperidine rings is 1. The third kappa shape index (κ3) is 6.72. The molecule has 2 heterocycles. The van der Waals surface area contributed by atoms with Crippen LogP contribution in [0.4, 0.5) is 5.69 Å². The van der Waals surface area contributed by atoms with E-state index in [1.54, 1.807) is 22.8 Å². The third-order valence-electron chi connectivity index (χ3n) is 6.76. The fraction of sp³-hybridized carbons (Fsp3) is 0.483. The van der Waals surface area contributed by atoms with Gasteiger partial charge in [0.15, 0.2) is 0 Å². The summed E-state index contributed by atoms with van der Waals surface area (Å²) in [5, 5.41) is 3.44. The molecule has 7 nitrogen and oxygen atoms in total. The molecule has 36 heavy (non-hydrogen) atoms. The van der Waals surface area contributed by atoms with E-state index < -0.39 is 0 Å². The number of hydrogen-bond donors (Lipinski definition) is 1. The van der Waals surface area contributed by atoms with E-state index in [0.717, 1.165) is 43.7 Å². The quantitative estimate of drug-likeness (QED) is 0.361. The second-order valence-electron chi connectivity index (χ2n) is 9.64. The van der Waals surface area contributed by atoms with Crippen molar-refractivity contribution in [3.63, 3.8) is 0 Å². The van der Waals surface area contributed by atoms with E-state index in [0.29, 0.717) is 35.4 Å². The molecule has 1 aliphatic heterocycles. The summed E-state index contributed by atoms with van der Waals surface area (Å²) >= 11 is 0. The van der Waals surface area contributed by atoms with Crippen molar-refractivity contribution >= 4 is 22.5 Å². The number of nitrogens with one attached hydrogen (secondary N) is 1. The topological polar surface area (TPSA) is 76.5 Å². The van der Waals surface area contributed by atoms with Crippen LogP contribution in [-0.2, 0) is 4.79 Å². The molecule has 192 valence electrons. The largest absolute Gasteiger partial charge is 0.494 e. The molecule has 3 aromatic rings. The highest BCUT2D eigenvalue weighted by atomic mass is 16.5. The Bertz CT molecular complexity index is 1210. The van der Waals surface area contributed by atoms with Gasteiger partial charge in [0, 0.05) is 18.7 Å². The van der Waals surface area contributed by atoms with Crippen LogP contribution in [0.15, 0.2) is 47.3 Å². The number of aromatic nitrogens is 2. The second kappa shape index (κ2) is 12.7. The van der Waals surface area contributed by atoms with Crippen molar-refractivity contribution in [2.24, 2.45) is 0 Å². The average Bonchev–Trinajstić information content (AvgIpc) is 2.88. The molecule has 0 spiro atoms. The minimum atomic E-state index is -0.131. The molecule has 0 aliphatic carbocycles. The average molecular weight is 491 g/mol. The first-order valence-electron chi connectivity index (χ1n) is 13.3. The van der Waals surface area contributed by atoms with Crippen LogP contribution in [0.5, 0.6) is 5.75 Å². The van der Waals surface area contributed by atoms with E-state index >= 15 is 0 Å². The third-order valence-corrected chi connectivity index (χ3v) is 6.76. The molecule has 0 bridgehead atoms. The lowest BCUT2D eigenvalue weighted by molar-refractivity contribution is -0.116. The molecule has 7 heteroatoms. The maximum absolute atomic E-state index is 13.3. The minimum Gasteiger partial charge on any atom is -0.494 e. The molecule has 1 aromatic heterocycles. The summed E-state index contributed by atoms with van der Waals surface area (Å²) < 4.78 is 7.55. The van der Waals surface area contributed by atoms with Gasteiger partial charge in [0.05, 0.1) is 23.2 Å². The Morgan fingerprint density at radius 1 is 1.03 bits per heavy atom. The minimum absolute atomic E-state index is 0.0123. The number of likely N-dealkylation sites (tertiary alicyclic amines) is 1. The van der Waals surface area contributed by atoms with Crippen LogP contribution in [0.3, 0.4) is 0 Å². The van der Waals surface area contributed by atoms with E-state index in [1.807, 2.05) is 31.2 Å². The highest BCUT2D eigenvalue weighted by molar-refractivity contribution is 5.93. The monoisotopic (exact) mass is 490 g/mol. The number of amides is 1. The van der Waals surface area contributed by atoms with Crippen LogP contribution < -0.4 is 15.6 Å². The number of anilines is 1. The van der Waals surface area contributed by atoms with Gasteiger partial charge in [-0.3, -0.25) is 14.2 Å². The number of fused-ring (bicyclic) bond motifs is 1. The molecule has 1 aliphatic rings. The van der Waals surface area contributed by atoms with Crippen LogP contribution in [0.1, 0.15) is 64.1 Å². The first-order valence-corrected chi connectivity index (χ1v) is 13.3. The molecular weight excluding hydrogens is 452 g/mol. The Kier molecular flexibility index (Phi) is 9.11. The number of rotatable bonds is 11. The van der Waals surface area contributed by atoms with E-state index in [9.17, 15) is 9.59 Å². The van der Waals surface area contributed by atoms with Crippen LogP contribution >= 0.6 is 0 Å². The molecular formula is C29H38N4O3. The van der Waals surface area contributed by atoms with Crippen molar-refractivity contribution in [1.82, 2.24) is 14.5 Å². The Morgan fingerprint density at radius 2 is 1.81 bits per heavy atom. The molecule has 2 aromatic carbocycles. The fourth-order valence-corrected chi connectivity index (χ4v) is 4.79. The van der Waals surface area contributed by atoms with Crippen molar-refractivity contribution in [1.29, 1.82) is 0 Å². The summed E-state index contributed by atoms with van der Waals surface area (Å²) in [6.07, 6.45) is 8.47. The zero-order valence-electron chi connectivity index (χ0n) is 21.6. The molecule has 0 radical (unpaired) electrons. The molecule has 0 saturated carbocycles. The summed E-state index contributed by atoms with van der Waals surface area (Å²) in [6.45, 7) is 8.11.